The van der Waals surface area contributed by atoms with Gasteiger partial charge in [0.05, 0.1) is 0 Å². The number of rotatable bonds is 1. The number of hydrogen-bond acceptors (Lipinski definition) is 0. The summed E-state index contributed by atoms with van der Waals surface area (Å²) in [5, 5.41) is 0. The van der Waals surface area contributed by atoms with Crippen LogP contribution in [0.3, 0.4) is 0 Å². The van der Waals surface area contributed by atoms with Gasteiger partial charge in [-0.3, -0.25) is 0 Å². The Morgan fingerprint density at radius 3 is 2.26 bits per heavy atom. The van der Waals surface area contributed by atoms with Crippen molar-refractivity contribution in [3.05, 3.63) is 71.7 Å². The van der Waals surface area contributed by atoms with E-state index < -0.39 is 0 Å². The molecule has 0 spiro atoms. The van der Waals surface area contributed by atoms with Crippen molar-refractivity contribution in [2.45, 2.75) is 26.2 Å². The molecule has 0 nitrogen and oxygen atoms in total. The van der Waals surface area contributed by atoms with Crippen LogP contribution in [0, 0.1) is 6.42 Å². The SMILES string of the molecule is CC(C)(C)c1ccc(-c2cccc3c2C=C[CH]3)cc1. The molecule has 0 unspecified atom stereocenters. The summed E-state index contributed by atoms with van der Waals surface area (Å²) in [6.45, 7) is 6.75. The monoisotopic (exact) mass is 247 g/mol. The van der Waals surface area contributed by atoms with E-state index in [2.05, 4.69) is 81.8 Å². The van der Waals surface area contributed by atoms with Crippen molar-refractivity contribution < 1.29 is 0 Å². The molecule has 0 heterocycles. The molecule has 0 saturated carbocycles. The zero-order chi connectivity index (χ0) is 13.5. The van der Waals surface area contributed by atoms with Crippen LogP contribution in [-0.2, 0) is 5.41 Å². The maximum atomic E-state index is 2.25. The highest BCUT2D eigenvalue weighted by Crippen LogP contribution is 2.33. The molecule has 0 saturated heterocycles. The van der Waals surface area contributed by atoms with Gasteiger partial charge < -0.3 is 0 Å². The number of allylic oxidation sites excluding steroid dienone is 1. The van der Waals surface area contributed by atoms with Crippen molar-refractivity contribution in [3.8, 4) is 11.1 Å². The van der Waals surface area contributed by atoms with Crippen LogP contribution in [0.1, 0.15) is 37.5 Å². The summed E-state index contributed by atoms with van der Waals surface area (Å²) in [7, 11) is 0. The minimum Gasteiger partial charge on any atom is -0.0754 e. The van der Waals surface area contributed by atoms with E-state index in [4.69, 9.17) is 0 Å². The number of hydrogen-bond donors (Lipinski definition) is 0. The molecule has 0 aromatic heterocycles. The van der Waals surface area contributed by atoms with Gasteiger partial charge in [-0.25, -0.2) is 0 Å². The summed E-state index contributed by atoms with van der Waals surface area (Å²) >= 11 is 0. The summed E-state index contributed by atoms with van der Waals surface area (Å²) in [4.78, 5) is 0. The Kier molecular flexibility index (Phi) is 2.82. The summed E-state index contributed by atoms with van der Waals surface area (Å²) in [6, 6.07) is 15.5. The zero-order valence-corrected chi connectivity index (χ0v) is 11.8. The minimum absolute atomic E-state index is 0.213. The van der Waals surface area contributed by atoms with E-state index >= 15 is 0 Å². The van der Waals surface area contributed by atoms with E-state index in [0.717, 1.165) is 0 Å². The molecule has 0 fully saturated rings. The standard InChI is InChI=1S/C19H19/c1-19(2,3)16-12-10-15(11-13-16)18-9-5-7-14-6-4-8-17(14)18/h4-13H,1-3H3. The molecular formula is C19H19. The van der Waals surface area contributed by atoms with Crippen LogP contribution < -0.4 is 0 Å². The Labute approximate surface area is 115 Å². The average molecular weight is 247 g/mol. The van der Waals surface area contributed by atoms with E-state index in [-0.39, 0.29) is 5.41 Å². The van der Waals surface area contributed by atoms with Gasteiger partial charge >= 0.3 is 0 Å². The zero-order valence-electron chi connectivity index (χ0n) is 11.8. The van der Waals surface area contributed by atoms with Gasteiger partial charge in [-0.1, -0.05) is 75.4 Å². The molecule has 2 aromatic carbocycles. The van der Waals surface area contributed by atoms with Gasteiger partial charge in [0.25, 0.3) is 0 Å². The second kappa shape index (κ2) is 4.38. The molecule has 1 aliphatic carbocycles. The second-order valence-electron chi connectivity index (χ2n) is 6.16. The summed E-state index contributed by atoms with van der Waals surface area (Å²) in [5.74, 6) is 0. The van der Waals surface area contributed by atoms with Gasteiger partial charge in [0.15, 0.2) is 0 Å². The first kappa shape index (κ1) is 12.2. The molecule has 3 rings (SSSR count). The Bertz CT molecular complexity index is 622. The minimum atomic E-state index is 0.213. The summed E-state index contributed by atoms with van der Waals surface area (Å²) in [5.41, 5.74) is 6.87. The van der Waals surface area contributed by atoms with Crippen molar-refractivity contribution in [1.29, 1.82) is 0 Å². The molecule has 0 heteroatoms. The molecule has 19 heavy (non-hydrogen) atoms. The molecule has 1 aliphatic rings. The largest absolute Gasteiger partial charge is 0.0754 e. The molecule has 0 aliphatic heterocycles. The van der Waals surface area contributed by atoms with E-state index in [1.165, 1.54) is 27.8 Å². The first-order chi connectivity index (χ1) is 9.05. The molecule has 0 N–H and O–H groups in total. The third-order valence-corrected chi connectivity index (χ3v) is 3.74. The lowest BCUT2D eigenvalue weighted by Gasteiger charge is -2.19. The van der Waals surface area contributed by atoms with Gasteiger partial charge in [0.2, 0.25) is 0 Å². The van der Waals surface area contributed by atoms with E-state index in [0.29, 0.717) is 0 Å². The fraction of sp³-hybridized carbons (Fsp3) is 0.211. The van der Waals surface area contributed by atoms with Crippen LogP contribution in [0.4, 0.5) is 0 Å². The number of fused-ring (bicyclic) bond motifs is 1. The molecule has 95 valence electrons. The molecule has 0 atom stereocenters. The topological polar surface area (TPSA) is 0 Å². The first-order valence-corrected chi connectivity index (χ1v) is 6.81. The average Bonchev–Trinajstić information content (AvgIpc) is 2.86. The lowest BCUT2D eigenvalue weighted by molar-refractivity contribution is 0.590. The van der Waals surface area contributed by atoms with Crippen LogP contribution in [0.15, 0.2) is 48.5 Å². The Morgan fingerprint density at radius 2 is 1.58 bits per heavy atom. The van der Waals surface area contributed by atoms with Gasteiger partial charge in [0.1, 0.15) is 0 Å². The maximum absolute atomic E-state index is 2.25. The second-order valence-corrected chi connectivity index (χ2v) is 6.16. The van der Waals surface area contributed by atoms with Crippen molar-refractivity contribution in [1.82, 2.24) is 0 Å². The Balaban J connectivity index is 2.04. The predicted molar refractivity (Wildman–Crippen MR) is 83.0 cm³/mol. The highest BCUT2D eigenvalue weighted by Gasteiger charge is 2.14. The lowest BCUT2D eigenvalue weighted by atomic mass is 9.86. The van der Waals surface area contributed by atoms with Crippen LogP contribution in [0.25, 0.3) is 17.2 Å². The molecule has 0 amide bonds. The lowest BCUT2D eigenvalue weighted by Crippen LogP contribution is -2.10. The van der Waals surface area contributed by atoms with Crippen LogP contribution in [0.2, 0.25) is 0 Å². The van der Waals surface area contributed by atoms with Crippen molar-refractivity contribution >= 4 is 6.08 Å². The third kappa shape index (κ3) is 2.23. The fourth-order valence-corrected chi connectivity index (χ4v) is 2.56. The predicted octanol–water partition coefficient (Wildman–Crippen LogP) is 5.23. The van der Waals surface area contributed by atoms with Crippen molar-refractivity contribution in [2.24, 2.45) is 0 Å². The van der Waals surface area contributed by atoms with Gasteiger partial charge in [-0.2, -0.15) is 0 Å². The Hall–Kier alpha value is -1.82. The highest BCUT2D eigenvalue weighted by molar-refractivity contribution is 5.81. The van der Waals surface area contributed by atoms with Crippen LogP contribution in [0.5, 0.6) is 0 Å². The van der Waals surface area contributed by atoms with E-state index in [1.807, 2.05) is 0 Å². The van der Waals surface area contributed by atoms with E-state index in [9.17, 15) is 0 Å². The number of benzene rings is 2. The van der Waals surface area contributed by atoms with Gasteiger partial charge in [0, 0.05) is 6.42 Å². The molecular weight excluding hydrogens is 228 g/mol. The van der Waals surface area contributed by atoms with Crippen LogP contribution >= 0.6 is 0 Å². The van der Waals surface area contributed by atoms with Crippen molar-refractivity contribution in [3.63, 3.8) is 0 Å². The quantitative estimate of drug-likeness (QED) is 0.647. The van der Waals surface area contributed by atoms with E-state index in [1.54, 1.807) is 0 Å². The smallest absolute Gasteiger partial charge is 0.0131 e. The fourth-order valence-electron chi connectivity index (χ4n) is 2.56. The molecule has 0 bridgehead atoms. The summed E-state index contributed by atoms with van der Waals surface area (Å²) < 4.78 is 0. The van der Waals surface area contributed by atoms with Crippen LogP contribution in [-0.4, -0.2) is 0 Å². The summed E-state index contributed by atoms with van der Waals surface area (Å²) in [6.07, 6.45) is 6.49. The maximum Gasteiger partial charge on any atom is 0.0131 e. The van der Waals surface area contributed by atoms with Gasteiger partial charge in [-0.05, 0) is 33.2 Å². The normalized spacial score (nSPS) is 13.6. The van der Waals surface area contributed by atoms with Gasteiger partial charge in [-0.15, -0.1) is 0 Å². The highest BCUT2D eigenvalue weighted by atomic mass is 14.2. The molecule has 1 radical (unpaired) electrons. The Morgan fingerprint density at radius 1 is 0.842 bits per heavy atom. The third-order valence-electron chi connectivity index (χ3n) is 3.74. The molecule has 2 aromatic rings. The van der Waals surface area contributed by atoms with Crippen molar-refractivity contribution in [2.75, 3.05) is 0 Å². The first-order valence-electron chi connectivity index (χ1n) is 6.81.